The Morgan fingerprint density at radius 3 is 2.16 bits per heavy atom. The van der Waals surface area contributed by atoms with Crippen molar-refractivity contribution in [1.82, 2.24) is 0 Å². The van der Waals surface area contributed by atoms with E-state index >= 15 is 0 Å². The number of ether oxygens (including phenoxy) is 1. The zero-order valence-electron chi connectivity index (χ0n) is 10.6. The summed E-state index contributed by atoms with van der Waals surface area (Å²) in [5.41, 5.74) is 0.978. The summed E-state index contributed by atoms with van der Waals surface area (Å²) in [4.78, 5) is 13.4. The van der Waals surface area contributed by atoms with E-state index in [0.29, 0.717) is 4.91 Å². The first-order valence-electron chi connectivity index (χ1n) is 5.87. The van der Waals surface area contributed by atoms with Gasteiger partial charge in [0.1, 0.15) is 0 Å². The Kier molecular flexibility index (Phi) is 4.81. The minimum absolute atomic E-state index is 0.322. The van der Waals surface area contributed by atoms with Crippen LogP contribution < -0.4 is 0 Å². The van der Waals surface area contributed by atoms with Crippen LogP contribution in [0.25, 0.3) is 6.08 Å². The van der Waals surface area contributed by atoms with Crippen LogP contribution in [-0.4, -0.2) is 13.1 Å². The molecule has 0 heterocycles. The zero-order chi connectivity index (χ0) is 13.5. The number of methoxy groups -OCH3 is 1. The standard InChI is InChI=1S/C16H14O2S/c1-18-16(17)15(12-13-8-4-2-5-9-13)19-14-10-6-3-7-11-14/h2-12H,1H3/b15-12-. The highest BCUT2D eigenvalue weighted by atomic mass is 32.2. The molecule has 2 rings (SSSR count). The van der Waals surface area contributed by atoms with E-state index in [2.05, 4.69) is 0 Å². The molecule has 0 aliphatic heterocycles. The lowest BCUT2D eigenvalue weighted by atomic mass is 10.2. The van der Waals surface area contributed by atoms with Crippen LogP contribution in [0.4, 0.5) is 0 Å². The van der Waals surface area contributed by atoms with Gasteiger partial charge in [0.15, 0.2) is 0 Å². The summed E-state index contributed by atoms with van der Waals surface area (Å²) in [5, 5.41) is 0. The van der Waals surface area contributed by atoms with Gasteiger partial charge in [-0.25, -0.2) is 4.79 Å². The molecule has 0 aliphatic carbocycles. The molecule has 0 saturated heterocycles. The van der Waals surface area contributed by atoms with Crippen molar-refractivity contribution >= 4 is 23.8 Å². The number of esters is 1. The summed E-state index contributed by atoms with van der Waals surface area (Å²) in [5.74, 6) is -0.322. The monoisotopic (exact) mass is 270 g/mol. The molecule has 0 saturated carbocycles. The first-order chi connectivity index (χ1) is 9.29. The fraction of sp³-hybridized carbons (Fsp3) is 0.0625. The smallest absolute Gasteiger partial charge is 0.344 e. The van der Waals surface area contributed by atoms with Crippen LogP contribution in [0.3, 0.4) is 0 Å². The largest absolute Gasteiger partial charge is 0.465 e. The minimum atomic E-state index is -0.322. The average Bonchev–Trinajstić information content (AvgIpc) is 2.48. The van der Waals surface area contributed by atoms with Crippen molar-refractivity contribution in [3.05, 3.63) is 71.1 Å². The zero-order valence-corrected chi connectivity index (χ0v) is 11.4. The highest BCUT2D eigenvalue weighted by molar-refractivity contribution is 8.04. The van der Waals surface area contributed by atoms with Crippen molar-refractivity contribution in [3.8, 4) is 0 Å². The topological polar surface area (TPSA) is 26.3 Å². The van der Waals surface area contributed by atoms with Gasteiger partial charge < -0.3 is 4.74 Å². The van der Waals surface area contributed by atoms with E-state index in [1.54, 1.807) is 0 Å². The van der Waals surface area contributed by atoms with Gasteiger partial charge in [-0.2, -0.15) is 0 Å². The van der Waals surface area contributed by atoms with Gasteiger partial charge in [-0.1, -0.05) is 60.3 Å². The van der Waals surface area contributed by atoms with Crippen LogP contribution in [0.15, 0.2) is 70.5 Å². The second kappa shape index (κ2) is 6.81. The predicted octanol–water partition coefficient (Wildman–Crippen LogP) is 3.99. The van der Waals surface area contributed by atoms with Crippen LogP contribution in [-0.2, 0) is 9.53 Å². The Morgan fingerprint density at radius 1 is 1.00 bits per heavy atom. The first-order valence-corrected chi connectivity index (χ1v) is 6.69. The molecule has 0 N–H and O–H groups in total. The average molecular weight is 270 g/mol. The maximum Gasteiger partial charge on any atom is 0.344 e. The van der Waals surface area contributed by atoms with E-state index in [-0.39, 0.29) is 5.97 Å². The highest BCUT2D eigenvalue weighted by Crippen LogP contribution is 2.28. The van der Waals surface area contributed by atoms with E-state index in [9.17, 15) is 4.79 Å². The number of thioether (sulfide) groups is 1. The molecular weight excluding hydrogens is 256 g/mol. The van der Waals surface area contributed by atoms with Crippen LogP contribution in [0.2, 0.25) is 0 Å². The maximum atomic E-state index is 11.8. The number of carbonyl (C=O) groups excluding carboxylic acids is 1. The van der Waals surface area contributed by atoms with Gasteiger partial charge in [0.05, 0.1) is 12.0 Å². The number of benzene rings is 2. The Morgan fingerprint density at radius 2 is 1.58 bits per heavy atom. The third kappa shape index (κ3) is 4.00. The summed E-state index contributed by atoms with van der Waals surface area (Å²) >= 11 is 1.40. The number of carbonyl (C=O) groups is 1. The molecule has 2 aromatic carbocycles. The lowest BCUT2D eigenvalue weighted by molar-refractivity contribution is -0.135. The molecular formula is C16H14O2S. The molecule has 0 fully saturated rings. The van der Waals surface area contributed by atoms with Gasteiger partial charge in [-0.05, 0) is 23.8 Å². The molecule has 2 nitrogen and oxygen atoms in total. The van der Waals surface area contributed by atoms with Gasteiger partial charge in [-0.15, -0.1) is 0 Å². The molecule has 96 valence electrons. The molecule has 0 unspecified atom stereocenters. The molecule has 0 atom stereocenters. The van der Waals surface area contributed by atoms with E-state index in [4.69, 9.17) is 4.74 Å². The second-order valence-electron chi connectivity index (χ2n) is 3.83. The van der Waals surface area contributed by atoms with E-state index < -0.39 is 0 Å². The number of hydrogen-bond acceptors (Lipinski definition) is 3. The summed E-state index contributed by atoms with van der Waals surface area (Å²) in [6.45, 7) is 0. The molecule has 0 amide bonds. The molecule has 3 heteroatoms. The molecule has 0 bridgehead atoms. The van der Waals surface area contributed by atoms with E-state index in [0.717, 1.165) is 10.5 Å². The Hall–Kier alpha value is -2.00. The summed E-state index contributed by atoms with van der Waals surface area (Å²) in [7, 11) is 1.40. The van der Waals surface area contributed by atoms with Gasteiger partial charge in [0.25, 0.3) is 0 Å². The quantitative estimate of drug-likeness (QED) is 0.477. The van der Waals surface area contributed by atoms with Gasteiger partial charge in [0.2, 0.25) is 0 Å². The minimum Gasteiger partial charge on any atom is -0.465 e. The fourth-order valence-electron chi connectivity index (χ4n) is 1.55. The molecule has 0 aromatic heterocycles. The van der Waals surface area contributed by atoms with E-state index in [1.807, 2.05) is 66.7 Å². The van der Waals surface area contributed by atoms with Crippen molar-refractivity contribution in [2.45, 2.75) is 4.90 Å². The van der Waals surface area contributed by atoms with Crippen molar-refractivity contribution < 1.29 is 9.53 Å². The molecule has 0 spiro atoms. The van der Waals surface area contributed by atoms with E-state index in [1.165, 1.54) is 18.9 Å². The maximum absolute atomic E-state index is 11.8. The lowest BCUT2D eigenvalue weighted by Gasteiger charge is -2.05. The van der Waals surface area contributed by atoms with Crippen LogP contribution in [0, 0.1) is 0 Å². The SMILES string of the molecule is COC(=O)/C(=C/c1ccccc1)Sc1ccccc1. The fourth-order valence-corrected chi connectivity index (χ4v) is 2.46. The number of rotatable bonds is 4. The Bertz CT molecular complexity index is 562. The van der Waals surface area contributed by atoms with Crippen molar-refractivity contribution in [3.63, 3.8) is 0 Å². The Labute approximate surface area is 117 Å². The van der Waals surface area contributed by atoms with Crippen molar-refractivity contribution in [1.29, 1.82) is 0 Å². The van der Waals surface area contributed by atoms with Gasteiger partial charge in [-0.3, -0.25) is 0 Å². The summed E-state index contributed by atoms with van der Waals surface area (Å²) < 4.78 is 4.83. The number of hydrogen-bond donors (Lipinski definition) is 0. The van der Waals surface area contributed by atoms with Crippen molar-refractivity contribution in [2.24, 2.45) is 0 Å². The van der Waals surface area contributed by atoms with Crippen LogP contribution in [0.1, 0.15) is 5.56 Å². The van der Waals surface area contributed by atoms with Gasteiger partial charge in [0, 0.05) is 4.90 Å². The van der Waals surface area contributed by atoms with Crippen molar-refractivity contribution in [2.75, 3.05) is 7.11 Å². The first kappa shape index (κ1) is 13.4. The second-order valence-corrected chi connectivity index (χ2v) is 4.94. The predicted molar refractivity (Wildman–Crippen MR) is 78.7 cm³/mol. The van der Waals surface area contributed by atoms with Crippen LogP contribution >= 0.6 is 11.8 Å². The summed E-state index contributed by atoms with van der Waals surface area (Å²) in [6, 6.07) is 19.5. The normalized spacial score (nSPS) is 11.1. The molecule has 19 heavy (non-hydrogen) atoms. The Balaban J connectivity index is 2.27. The van der Waals surface area contributed by atoms with Gasteiger partial charge >= 0.3 is 5.97 Å². The molecule has 0 radical (unpaired) electrons. The lowest BCUT2D eigenvalue weighted by Crippen LogP contribution is -2.01. The molecule has 0 aliphatic rings. The third-order valence-corrected chi connectivity index (χ3v) is 3.47. The highest BCUT2D eigenvalue weighted by Gasteiger charge is 2.11. The van der Waals surface area contributed by atoms with Crippen LogP contribution in [0.5, 0.6) is 0 Å². The molecule has 2 aromatic rings. The third-order valence-electron chi connectivity index (χ3n) is 2.45. The summed E-state index contributed by atoms with van der Waals surface area (Å²) in [6.07, 6.45) is 1.84.